The molecule has 0 radical (unpaired) electrons. The van der Waals surface area contributed by atoms with E-state index in [4.69, 9.17) is 5.73 Å². The van der Waals surface area contributed by atoms with Crippen LogP contribution in [0.1, 0.15) is 55.6 Å². The van der Waals surface area contributed by atoms with Crippen molar-refractivity contribution in [3.8, 4) is 0 Å². The third kappa shape index (κ3) is 3.98. The van der Waals surface area contributed by atoms with E-state index in [1.165, 1.54) is 12.8 Å². The third-order valence-electron chi connectivity index (χ3n) is 4.85. The molecule has 0 spiro atoms. The number of aliphatic imine (C=N–C) groups is 1. The molecule has 0 aliphatic heterocycles. The fourth-order valence-corrected chi connectivity index (χ4v) is 3.43. The Morgan fingerprint density at radius 3 is 2.26 bits per heavy atom. The maximum absolute atomic E-state index is 12.6. The van der Waals surface area contributed by atoms with E-state index in [9.17, 15) is 13.2 Å². The van der Waals surface area contributed by atoms with Gasteiger partial charge in [0.05, 0.1) is 11.6 Å². The van der Waals surface area contributed by atoms with Crippen LogP contribution in [0.15, 0.2) is 29.3 Å². The van der Waals surface area contributed by atoms with Crippen LogP contribution in [0.3, 0.4) is 0 Å². The largest absolute Gasteiger partial charge is 0.416 e. The van der Waals surface area contributed by atoms with Gasteiger partial charge in [0.2, 0.25) is 0 Å². The molecule has 3 rings (SSSR count). The number of nitrogens with zero attached hydrogens (tertiary/aromatic N) is 1. The molecule has 0 bridgehead atoms. The number of halogens is 3. The van der Waals surface area contributed by atoms with E-state index in [1.54, 1.807) is 12.1 Å². The van der Waals surface area contributed by atoms with E-state index in [0.29, 0.717) is 17.9 Å². The lowest BCUT2D eigenvalue weighted by Gasteiger charge is -2.36. The SMILES string of the molecule is NC(=NC1CCCC1)NC1CC(c2ccc(C(F)(F)F)cc2)C1. The summed E-state index contributed by atoms with van der Waals surface area (Å²) in [5.41, 5.74) is 6.30. The molecule has 126 valence electrons. The standard InChI is InChI=1S/C17H22F3N3/c18-17(19,20)13-7-5-11(6-8-13)12-9-15(10-12)23-16(21)22-14-3-1-2-4-14/h5-8,12,14-15H,1-4,9-10H2,(H3,21,22,23). The van der Waals surface area contributed by atoms with Crippen LogP contribution in [0.4, 0.5) is 13.2 Å². The fourth-order valence-electron chi connectivity index (χ4n) is 3.43. The molecule has 1 aromatic rings. The Bertz CT molecular complexity index is 553. The molecule has 23 heavy (non-hydrogen) atoms. The van der Waals surface area contributed by atoms with E-state index in [2.05, 4.69) is 10.3 Å². The molecule has 0 amide bonds. The minimum absolute atomic E-state index is 0.271. The highest BCUT2D eigenvalue weighted by molar-refractivity contribution is 5.78. The highest BCUT2D eigenvalue weighted by Gasteiger charge is 2.33. The van der Waals surface area contributed by atoms with Crippen molar-refractivity contribution in [1.29, 1.82) is 0 Å². The molecule has 0 aromatic heterocycles. The molecule has 0 saturated heterocycles. The Hall–Kier alpha value is -1.72. The fraction of sp³-hybridized carbons (Fsp3) is 0.588. The summed E-state index contributed by atoms with van der Waals surface area (Å²) >= 11 is 0. The summed E-state index contributed by atoms with van der Waals surface area (Å²) in [6.45, 7) is 0. The zero-order valence-corrected chi connectivity index (χ0v) is 12.9. The molecule has 0 atom stereocenters. The second kappa shape index (κ2) is 6.42. The summed E-state index contributed by atoms with van der Waals surface area (Å²) in [6, 6.07) is 6.11. The molecular weight excluding hydrogens is 303 g/mol. The summed E-state index contributed by atoms with van der Waals surface area (Å²) in [7, 11) is 0. The first-order chi connectivity index (χ1) is 10.9. The Balaban J connectivity index is 1.49. The summed E-state index contributed by atoms with van der Waals surface area (Å²) in [6.07, 6.45) is 2.16. The highest BCUT2D eigenvalue weighted by atomic mass is 19.4. The normalized spacial score (nSPS) is 26.1. The molecule has 2 fully saturated rings. The van der Waals surface area contributed by atoms with Crippen molar-refractivity contribution in [2.75, 3.05) is 0 Å². The van der Waals surface area contributed by atoms with Gasteiger partial charge in [-0.2, -0.15) is 13.2 Å². The number of hydrogen-bond donors (Lipinski definition) is 2. The maximum atomic E-state index is 12.6. The quantitative estimate of drug-likeness (QED) is 0.656. The van der Waals surface area contributed by atoms with Gasteiger partial charge in [-0.25, -0.2) is 0 Å². The van der Waals surface area contributed by atoms with Crippen LogP contribution in [-0.2, 0) is 6.18 Å². The molecule has 0 heterocycles. The Morgan fingerprint density at radius 1 is 1.09 bits per heavy atom. The maximum Gasteiger partial charge on any atom is 0.416 e. The van der Waals surface area contributed by atoms with Gasteiger partial charge in [-0.1, -0.05) is 25.0 Å². The first-order valence-corrected chi connectivity index (χ1v) is 8.19. The van der Waals surface area contributed by atoms with Gasteiger partial charge < -0.3 is 11.1 Å². The molecule has 6 heteroatoms. The monoisotopic (exact) mass is 325 g/mol. The zero-order chi connectivity index (χ0) is 16.4. The second-order valence-corrected chi connectivity index (χ2v) is 6.58. The van der Waals surface area contributed by atoms with Gasteiger partial charge in [0, 0.05) is 6.04 Å². The van der Waals surface area contributed by atoms with E-state index in [1.807, 2.05) is 0 Å². The van der Waals surface area contributed by atoms with Crippen molar-refractivity contribution >= 4 is 5.96 Å². The first kappa shape index (κ1) is 16.1. The van der Waals surface area contributed by atoms with Crippen molar-refractivity contribution in [1.82, 2.24) is 5.32 Å². The molecule has 3 N–H and O–H groups in total. The lowest BCUT2D eigenvalue weighted by Crippen LogP contribution is -2.47. The highest BCUT2D eigenvalue weighted by Crippen LogP contribution is 2.38. The lowest BCUT2D eigenvalue weighted by molar-refractivity contribution is -0.137. The molecular formula is C17H22F3N3. The number of alkyl halides is 3. The topological polar surface area (TPSA) is 50.4 Å². The molecule has 0 unspecified atom stereocenters. The number of nitrogens with one attached hydrogen (secondary N) is 1. The molecule has 2 aliphatic carbocycles. The van der Waals surface area contributed by atoms with Gasteiger partial charge in [0.1, 0.15) is 0 Å². The summed E-state index contributed by atoms with van der Waals surface area (Å²) in [5.74, 6) is 0.807. The van der Waals surface area contributed by atoms with Crippen LogP contribution in [0, 0.1) is 0 Å². The van der Waals surface area contributed by atoms with Crippen molar-refractivity contribution in [2.24, 2.45) is 10.7 Å². The van der Waals surface area contributed by atoms with E-state index >= 15 is 0 Å². The van der Waals surface area contributed by atoms with Gasteiger partial charge in [-0.15, -0.1) is 0 Å². The van der Waals surface area contributed by atoms with Crippen LogP contribution in [0.25, 0.3) is 0 Å². The van der Waals surface area contributed by atoms with Crippen LogP contribution in [0.2, 0.25) is 0 Å². The van der Waals surface area contributed by atoms with Gasteiger partial charge >= 0.3 is 6.18 Å². The summed E-state index contributed by atoms with van der Waals surface area (Å²) in [5, 5.41) is 3.23. The summed E-state index contributed by atoms with van der Waals surface area (Å²) in [4.78, 5) is 4.49. The molecule has 2 aliphatic rings. The Labute approximate surface area is 134 Å². The van der Waals surface area contributed by atoms with Crippen LogP contribution in [0.5, 0.6) is 0 Å². The van der Waals surface area contributed by atoms with Crippen molar-refractivity contribution < 1.29 is 13.2 Å². The van der Waals surface area contributed by atoms with Gasteiger partial charge in [0.25, 0.3) is 0 Å². The molecule has 1 aromatic carbocycles. The number of nitrogens with two attached hydrogens (primary N) is 1. The van der Waals surface area contributed by atoms with Crippen LogP contribution < -0.4 is 11.1 Å². The van der Waals surface area contributed by atoms with Crippen molar-refractivity contribution in [3.05, 3.63) is 35.4 Å². The predicted octanol–water partition coefficient (Wildman–Crippen LogP) is 3.80. The smallest absolute Gasteiger partial charge is 0.370 e. The minimum Gasteiger partial charge on any atom is -0.370 e. The molecule has 2 saturated carbocycles. The third-order valence-corrected chi connectivity index (χ3v) is 4.85. The predicted molar refractivity (Wildman–Crippen MR) is 84.2 cm³/mol. The Kier molecular flexibility index (Phi) is 4.50. The zero-order valence-electron chi connectivity index (χ0n) is 12.9. The Morgan fingerprint density at radius 2 is 1.70 bits per heavy atom. The van der Waals surface area contributed by atoms with Crippen molar-refractivity contribution in [2.45, 2.75) is 62.7 Å². The van der Waals surface area contributed by atoms with Crippen LogP contribution >= 0.6 is 0 Å². The number of hydrogen-bond acceptors (Lipinski definition) is 1. The number of benzene rings is 1. The average Bonchev–Trinajstić information content (AvgIpc) is 2.94. The van der Waals surface area contributed by atoms with Gasteiger partial charge in [0.15, 0.2) is 5.96 Å². The van der Waals surface area contributed by atoms with Gasteiger partial charge in [-0.05, 0) is 49.3 Å². The summed E-state index contributed by atoms with van der Waals surface area (Å²) < 4.78 is 37.7. The second-order valence-electron chi connectivity index (χ2n) is 6.58. The average molecular weight is 325 g/mol. The van der Waals surface area contributed by atoms with E-state index < -0.39 is 11.7 Å². The van der Waals surface area contributed by atoms with E-state index in [0.717, 1.165) is 43.4 Å². The molecule has 3 nitrogen and oxygen atoms in total. The minimum atomic E-state index is -4.27. The lowest BCUT2D eigenvalue weighted by atomic mass is 9.76. The number of guanidine groups is 1. The van der Waals surface area contributed by atoms with E-state index in [-0.39, 0.29) is 6.04 Å². The number of rotatable bonds is 3. The van der Waals surface area contributed by atoms with Crippen LogP contribution in [-0.4, -0.2) is 18.0 Å². The van der Waals surface area contributed by atoms with Crippen molar-refractivity contribution in [3.63, 3.8) is 0 Å². The van der Waals surface area contributed by atoms with Gasteiger partial charge in [-0.3, -0.25) is 4.99 Å². The first-order valence-electron chi connectivity index (χ1n) is 8.19.